The van der Waals surface area contributed by atoms with Crippen LogP contribution in [0.1, 0.15) is 128 Å². The van der Waals surface area contributed by atoms with Crippen LogP contribution in [-0.4, -0.2) is 9.13 Å². The fraction of sp³-hybridized carbons (Fsp3) is 0.172. The molecule has 0 spiro atoms. The Morgan fingerprint density at radius 1 is 0.267 bits per heavy atom. The van der Waals surface area contributed by atoms with E-state index in [0.717, 1.165) is 70.9 Å². The second-order valence-electron chi connectivity index (χ2n) is 37.0. The summed E-state index contributed by atoms with van der Waals surface area (Å²) in [5.41, 5.74) is 36.4. The zero-order valence-electron chi connectivity index (χ0n) is 70.6. The van der Waals surface area contributed by atoms with Gasteiger partial charge in [-0.3, -0.25) is 0 Å². The molecule has 2 aliphatic carbocycles. The second kappa shape index (κ2) is 29.7. The van der Waals surface area contributed by atoms with Crippen LogP contribution in [0.4, 0.5) is 34.1 Å². The summed E-state index contributed by atoms with van der Waals surface area (Å²) in [6.07, 6.45) is 5.19. The van der Waals surface area contributed by atoms with E-state index in [1.807, 2.05) is 0 Å². The molecule has 18 aromatic rings. The van der Waals surface area contributed by atoms with Gasteiger partial charge in [0.05, 0.1) is 33.4 Å². The van der Waals surface area contributed by atoms with Gasteiger partial charge in [-0.1, -0.05) is 336 Å². The van der Waals surface area contributed by atoms with E-state index in [1.54, 1.807) is 0 Å². The number of anilines is 6. The first kappa shape index (κ1) is 75.5. The van der Waals surface area contributed by atoms with Gasteiger partial charge in [0.1, 0.15) is 0 Å². The van der Waals surface area contributed by atoms with Crippen LogP contribution >= 0.6 is 0 Å². The molecule has 0 bridgehead atoms. The van der Waals surface area contributed by atoms with Gasteiger partial charge in [-0.05, 0) is 257 Å². The van der Waals surface area contributed by atoms with Gasteiger partial charge in [0.25, 0.3) is 0 Å². The van der Waals surface area contributed by atoms with E-state index in [0.29, 0.717) is 0 Å². The Labute approximate surface area is 708 Å². The van der Waals surface area contributed by atoms with Crippen LogP contribution in [0.25, 0.3) is 122 Å². The van der Waals surface area contributed by atoms with Crippen molar-refractivity contribution < 1.29 is 0 Å². The summed E-state index contributed by atoms with van der Waals surface area (Å²) in [7, 11) is 0. The number of hydrogen-bond donors (Lipinski definition) is 0. The number of benzene rings is 16. The molecule has 0 fully saturated rings. The average molecular weight is 1550 g/mol. The summed E-state index contributed by atoms with van der Waals surface area (Å²) in [5.74, 6) is 0. The Bertz CT molecular complexity index is 6960. The maximum absolute atomic E-state index is 2.57. The lowest BCUT2D eigenvalue weighted by atomic mass is 9.59. The minimum atomic E-state index is -0.261. The van der Waals surface area contributed by atoms with Crippen molar-refractivity contribution in [1.82, 2.24) is 9.13 Å². The lowest BCUT2D eigenvalue weighted by Gasteiger charge is -2.45. The van der Waals surface area contributed by atoms with E-state index in [4.69, 9.17) is 0 Å². The minimum absolute atomic E-state index is 0.0208. The summed E-state index contributed by atoms with van der Waals surface area (Å²) in [4.78, 5) is 4.91. The van der Waals surface area contributed by atoms with Crippen molar-refractivity contribution >= 4 is 77.7 Å². The molecule has 0 saturated carbocycles. The van der Waals surface area contributed by atoms with Crippen LogP contribution in [0.15, 0.2) is 376 Å². The van der Waals surface area contributed by atoms with Gasteiger partial charge in [-0.2, -0.15) is 0 Å². The monoisotopic (exact) mass is 1550 g/mol. The highest BCUT2D eigenvalue weighted by atomic mass is 15.1. The number of nitrogens with zero attached hydrogens (tertiary/aromatic N) is 4. The molecule has 2 heterocycles. The van der Waals surface area contributed by atoms with Crippen molar-refractivity contribution in [2.45, 2.75) is 128 Å². The predicted octanol–water partition coefficient (Wildman–Crippen LogP) is 32.0. The molecule has 586 valence electrons. The number of para-hydroxylation sites is 5. The summed E-state index contributed by atoms with van der Waals surface area (Å²) in [6, 6.07) is 142. The first-order valence-electron chi connectivity index (χ1n) is 43.1. The van der Waals surface area contributed by atoms with Crippen molar-refractivity contribution in [3.8, 4) is 78.1 Å². The Hall–Kier alpha value is -13.3. The summed E-state index contributed by atoms with van der Waals surface area (Å²) >= 11 is 0. The molecule has 20 rings (SSSR count). The Morgan fingerprint density at radius 2 is 0.683 bits per heavy atom. The van der Waals surface area contributed by atoms with Crippen LogP contribution in [-0.2, 0) is 33.5 Å². The maximum atomic E-state index is 2.57. The molecule has 0 N–H and O–H groups in total. The zero-order chi connectivity index (χ0) is 81.8. The van der Waals surface area contributed by atoms with Gasteiger partial charge in [0.15, 0.2) is 0 Å². The van der Waals surface area contributed by atoms with Crippen LogP contribution in [0.3, 0.4) is 0 Å². The fourth-order valence-electron chi connectivity index (χ4n) is 20.6. The SMILES string of the molecule is CC(C)(C)c1cccc(N(c2cccc(-c3ccc4c5ccccc5n(-c5ccccc5-c5cccc6c5C(C)(C)CCC6(C)C)c4c3)c2)c2ccc(-c3ccccc3)c(CC3(C)CCC(C)(C)c4c(-c5ccccc5-n5c6ccccc6c6c(-c7cccc(N(c8ccccc8)c8ccc(-c9ccccc9)cc8)c7)cccc65)cccc43)c2)c1. The van der Waals surface area contributed by atoms with Crippen molar-refractivity contribution in [2.24, 2.45) is 0 Å². The van der Waals surface area contributed by atoms with Gasteiger partial charge in [-0.15, -0.1) is 0 Å². The van der Waals surface area contributed by atoms with Crippen molar-refractivity contribution in [2.75, 3.05) is 9.80 Å². The summed E-state index contributed by atoms with van der Waals surface area (Å²) < 4.78 is 5.11. The molecule has 0 aliphatic heterocycles. The van der Waals surface area contributed by atoms with Crippen molar-refractivity contribution in [3.63, 3.8) is 0 Å². The third kappa shape index (κ3) is 13.2. The minimum Gasteiger partial charge on any atom is -0.310 e. The molecule has 16 aromatic carbocycles. The van der Waals surface area contributed by atoms with E-state index in [1.165, 1.54) is 150 Å². The second-order valence-corrected chi connectivity index (χ2v) is 37.0. The smallest absolute Gasteiger partial charge is 0.0547 e. The largest absolute Gasteiger partial charge is 0.310 e. The van der Waals surface area contributed by atoms with Gasteiger partial charge in [-0.25, -0.2) is 0 Å². The van der Waals surface area contributed by atoms with E-state index in [9.17, 15) is 0 Å². The van der Waals surface area contributed by atoms with Gasteiger partial charge in [0, 0.05) is 66.8 Å². The molecule has 4 heteroatoms. The number of hydrogen-bond acceptors (Lipinski definition) is 2. The van der Waals surface area contributed by atoms with Gasteiger partial charge in [0.2, 0.25) is 0 Å². The number of fused-ring (bicyclic) bond motifs is 8. The molecule has 2 aliphatic rings. The Morgan fingerprint density at radius 3 is 1.36 bits per heavy atom. The zero-order valence-corrected chi connectivity index (χ0v) is 70.6. The first-order valence-corrected chi connectivity index (χ1v) is 43.1. The lowest BCUT2D eigenvalue weighted by molar-refractivity contribution is 0.311. The normalized spacial score (nSPS) is 15.4. The Kier molecular flexibility index (Phi) is 18.7. The molecule has 1 unspecified atom stereocenters. The molecule has 120 heavy (non-hydrogen) atoms. The Balaban J connectivity index is 0.692. The van der Waals surface area contributed by atoms with Gasteiger partial charge >= 0.3 is 0 Å². The van der Waals surface area contributed by atoms with E-state index < -0.39 is 0 Å². The van der Waals surface area contributed by atoms with Crippen LogP contribution in [0, 0.1) is 0 Å². The van der Waals surface area contributed by atoms with E-state index in [2.05, 4.69) is 464 Å². The van der Waals surface area contributed by atoms with Crippen molar-refractivity contribution in [1.29, 1.82) is 0 Å². The molecule has 2 aromatic heterocycles. The molecular weight excluding hydrogens is 1450 g/mol. The topological polar surface area (TPSA) is 16.3 Å². The maximum Gasteiger partial charge on any atom is 0.0547 e. The lowest BCUT2D eigenvalue weighted by Crippen LogP contribution is -2.38. The van der Waals surface area contributed by atoms with Crippen LogP contribution in [0.2, 0.25) is 0 Å². The van der Waals surface area contributed by atoms with Crippen LogP contribution < -0.4 is 9.80 Å². The summed E-state index contributed by atoms with van der Waals surface area (Å²) in [6.45, 7) is 24.3. The molecule has 0 amide bonds. The standard InChI is InChI=1S/C116H102N4/c1-112(2,3)85-40-30-45-90(76-85)118(88-43-28-38-81(72-88)82-62-66-97-94-46-20-24-55-103(94)120(108(97)75-82)105-57-26-22-47-95(105)98-51-31-53-101-110(98)114(6,7)69-68-113(101,4)5)91-65-67-92(80-36-16-12-17-37-80)84(74-91)77-116(10)71-70-115(8,9)111-99(52-32-54-102(111)116)96-48-21-25-56-104(96)119-106-58-27-23-49-100(106)109-93(50-33-59-107(109)119)83-39-29-44-89(73-83)117(86-41-18-13-19-42-86)87-63-60-79(61-64-87)78-34-14-11-15-35-78/h11-67,72-76H,68-71,77H2,1-10H3. The summed E-state index contributed by atoms with van der Waals surface area (Å²) in [5, 5.41) is 4.94. The fourth-order valence-corrected chi connectivity index (χ4v) is 20.6. The number of aromatic nitrogens is 2. The van der Waals surface area contributed by atoms with Crippen molar-refractivity contribution in [3.05, 3.63) is 409 Å². The predicted molar refractivity (Wildman–Crippen MR) is 511 cm³/mol. The quantitative estimate of drug-likeness (QED) is 0.0959. The molecular formula is C116H102N4. The van der Waals surface area contributed by atoms with Gasteiger partial charge < -0.3 is 18.9 Å². The first-order chi connectivity index (χ1) is 58.2. The molecule has 1 atom stereocenters. The highest BCUT2D eigenvalue weighted by Gasteiger charge is 2.43. The number of rotatable bonds is 16. The molecule has 0 radical (unpaired) electrons. The molecule has 0 saturated heterocycles. The van der Waals surface area contributed by atoms with Crippen LogP contribution in [0.5, 0.6) is 0 Å². The van der Waals surface area contributed by atoms with E-state index in [-0.39, 0.29) is 27.1 Å². The average Bonchev–Trinajstić information content (AvgIpc) is 1.22. The third-order valence-electron chi connectivity index (χ3n) is 26.9. The van der Waals surface area contributed by atoms with E-state index >= 15 is 0 Å². The highest BCUT2D eigenvalue weighted by molar-refractivity contribution is 6.17. The third-order valence-corrected chi connectivity index (χ3v) is 26.9. The molecule has 4 nitrogen and oxygen atoms in total. The highest BCUT2D eigenvalue weighted by Crippen LogP contribution is 2.56.